The van der Waals surface area contributed by atoms with E-state index in [0.717, 1.165) is 0 Å². The van der Waals surface area contributed by atoms with E-state index >= 15 is 0 Å². The molecular formula is C16H16O5. The first-order valence-electron chi connectivity index (χ1n) is 6.42. The molecule has 1 aromatic carbocycles. The Labute approximate surface area is 122 Å². The fourth-order valence-corrected chi connectivity index (χ4v) is 1.97. The lowest BCUT2D eigenvalue weighted by Crippen LogP contribution is -2.07. The molecule has 0 unspecified atom stereocenters. The van der Waals surface area contributed by atoms with Crippen molar-refractivity contribution in [2.45, 2.75) is 20.5 Å². The molecule has 1 aromatic heterocycles. The first-order valence-corrected chi connectivity index (χ1v) is 6.42. The lowest BCUT2D eigenvalue weighted by molar-refractivity contribution is 0.0470. The zero-order valence-electron chi connectivity index (χ0n) is 12.1. The van der Waals surface area contributed by atoms with Gasteiger partial charge in [0, 0.05) is 0 Å². The van der Waals surface area contributed by atoms with Crippen molar-refractivity contribution in [3.8, 4) is 0 Å². The predicted octanol–water partition coefficient (Wildman–Crippen LogP) is 3.04. The molecule has 2 rings (SSSR count). The Morgan fingerprint density at radius 3 is 2.52 bits per heavy atom. The van der Waals surface area contributed by atoms with Crippen LogP contribution in [0.15, 0.2) is 34.7 Å². The Bertz CT molecular complexity index is 669. The number of benzene rings is 1. The van der Waals surface area contributed by atoms with Gasteiger partial charge in [-0.2, -0.15) is 0 Å². The van der Waals surface area contributed by atoms with Crippen LogP contribution < -0.4 is 0 Å². The zero-order valence-corrected chi connectivity index (χ0v) is 12.1. The Morgan fingerprint density at radius 1 is 1.14 bits per heavy atom. The number of carbonyl (C=O) groups is 2. The van der Waals surface area contributed by atoms with Crippen molar-refractivity contribution in [2.75, 3.05) is 7.11 Å². The molecule has 0 aliphatic rings. The van der Waals surface area contributed by atoms with Crippen molar-refractivity contribution in [1.29, 1.82) is 0 Å². The topological polar surface area (TPSA) is 65.7 Å². The number of hydrogen-bond acceptors (Lipinski definition) is 5. The summed E-state index contributed by atoms with van der Waals surface area (Å²) in [6.07, 6.45) is 0. The average Bonchev–Trinajstić information content (AvgIpc) is 2.83. The van der Waals surface area contributed by atoms with Crippen molar-refractivity contribution in [1.82, 2.24) is 0 Å². The largest absolute Gasteiger partial charge is 0.466 e. The van der Waals surface area contributed by atoms with Gasteiger partial charge >= 0.3 is 11.9 Å². The maximum absolute atomic E-state index is 12.0. The van der Waals surface area contributed by atoms with Crippen LogP contribution in [0.3, 0.4) is 0 Å². The first-order chi connectivity index (χ1) is 10.0. The predicted molar refractivity (Wildman–Crippen MR) is 75.1 cm³/mol. The van der Waals surface area contributed by atoms with E-state index in [4.69, 9.17) is 9.15 Å². The van der Waals surface area contributed by atoms with Gasteiger partial charge < -0.3 is 13.9 Å². The van der Waals surface area contributed by atoms with Crippen LogP contribution in [0, 0.1) is 13.8 Å². The Morgan fingerprint density at radius 2 is 1.90 bits per heavy atom. The fraction of sp³-hybridized carbons (Fsp3) is 0.250. The molecule has 0 aliphatic heterocycles. The highest BCUT2D eigenvalue weighted by Crippen LogP contribution is 2.16. The summed E-state index contributed by atoms with van der Waals surface area (Å²) >= 11 is 0. The standard InChI is InChI=1S/C16H16O5/c1-10-7-14(11(2)21-10)16(18)20-9-12-5-4-6-13(8-12)15(17)19-3/h4-8H,9H2,1-3H3. The Kier molecular flexibility index (Phi) is 4.42. The summed E-state index contributed by atoms with van der Waals surface area (Å²) in [6.45, 7) is 3.55. The van der Waals surface area contributed by atoms with Gasteiger partial charge in [0.1, 0.15) is 23.7 Å². The number of hydrogen-bond donors (Lipinski definition) is 0. The molecule has 0 saturated heterocycles. The maximum Gasteiger partial charge on any atom is 0.342 e. The van der Waals surface area contributed by atoms with Crippen LogP contribution in [0.25, 0.3) is 0 Å². The number of ether oxygens (including phenoxy) is 2. The molecule has 0 fully saturated rings. The fourth-order valence-electron chi connectivity index (χ4n) is 1.97. The molecule has 0 atom stereocenters. The summed E-state index contributed by atoms with van der Waals surface area (Å²) in [6, 6.07) is 8.39. The van der Waals surface area contributed by atoms with Crippen LogP contribution >= 0.6 is 0 Å². The van der Waals surface area contributed by atoms with Crippen molar-refractivity contribution in [3.63, 3.8) is 0 Å². The molecule has 0 spiro atoms. The lowest BCUT2D eigenvalue weighted by atomic mass is 10.1. The smallest absolute Gasteiger partial charge is 0.342 e. The normalized spacial score (nSPS) is 10.2. The second kappa shape index (κ2) is 6.26. The van der Waals surface area contributed by atoms with E-state index in [0.29, 0.717) is 28.2 Å². The van der Waals surface area contributed by atoms with E-state index in [-0.39, 0.29) is 6.61 Å². The quantitative estimate of drug-likeness (QED) is 0.809. The summed E-state index contributed by atoms with van der Waals surface area (Å²) in [5, 5.41) is 0. The van der Waals surface area contributed by atoms with E-state index in [1.54, 1.807) is 44.2 Å². The van der Waals surface area contributed by atoms with Gasteiger partial charge in [0.05, 0.1) is 12.7 Å². The first kappa shape index (κ1) is 14.8. The molecular weight excluding hydrogens is 272 g/mol. The maximum atomic E-state index is 12.0. The second-order valence-corrected chi connectivity index (χ2v) is 4.60. The summed E-state index contributed by atoms with van der Waals surface area (Å²) in [4.78, 5) is 23.4. The van der Waals surface area contributed by atoms with Crippen LogP contribution in [0.4, 0.5) is 0 Å². The number of aryl methyl sites for hydroxylation is 2. The zero-order chi connectivity index (χ0) is 15.4. The van der Waals surface area contributed by atoms with Crippen molar-refractivity contribution in [2.24, 2.45) is 0 Å². The minimum absolute atomic E-state index is 0.0767. The van der Waals surface area contributed by atoms with Crippen LogP contribution in [0.5, 0.6) is 0 Å². The van der Waals surface area contributed by atoms with Crippen LogP contribution in [0.2, 0.25) is 0 Å². The third-order valence-electron chi connectivity index (χ3n) is 2.98. The third kappa shape index (κ3) is 3.51. The number of esters is 2. The highest BCUT2D eigenvalue weighted by Gasteiger charge is 2.15. The van der Waals surface area contributed by atoms with Crippen LogP contribution in [-0.2, 0) is 16.1 Å². The van der Waals surface area contributed by atoms with Gasteiger partial charge in [-0.1, -0.05) is 12.1 Å². The number of rotatable bonds is 4. The molecule has 110 valence electrons. The van der Waals surface area contributed by atoms with E-state index in [2.05, 4.69) is 4.74 Å². The third-order valence-corrected chi connectivity index (χ3v) is 2.98. The van der Waals surface area contributed by atoms with Gasteiger partial charge in [-0.3, -0.25) is 0 Å². The van der Waals surface area contributed by atoms with E-state index in [9.17, 15) is 9.59 Å². The second-order valence-electron chi connectivity index (χ2n) is 4.60. The molecule has 0 N–H and O–H groups in total. The minimum atomic E-state index is -0.451. The molecule has 2 aromatic rings. The summed E-state index contributed by atoms with van der Waals surface area (Å²) in [5.41, 5.74) is 1.54. The van der Waals surface area contributed by atoms with Gasteiger partial charge in [-0.15, -0.1) is 0 Å². The lowest BCUT2D eigenvalue weighted by Gasteiger charge is -2.05. The molecule has 5 nitrogen and oxygen atoms in total. The van der Waals surface area contributed by atoms with Crippen molar-refractivity contribution in [3.05, 3.63) is 58.5 Å². The van der Waals surface area contributed by atoms with E-state index in [1.165, 1.54) is 7.11 Å². The molecule has 0 amide bonds. The molecule has 5 heteroatoms. The van der Waals surface area contributed by atoms with Gasteiger partial charge in [-0.05, 0) is 37.6 Å². The van der Waals surface area contributed by atoms with Crippen LogP contribution in [-0.4, -0.2) is 19.0 Å². The van der Waals surface area contributed by atoms with Crippen molar-refractivity contribution < 1.29 is 23.5 Å². The van der Waals surface area contributed by atoms with Gasteiger partial charge in [-0.25, -0.2) is 9.59 Å². The monoisotopic (exact) mass is 288 g/mol. The van der Waals surface area contributed by atoms with E-state index < -0.39 is 11.9 Å². The summed E-state index contributed by atoms with van der Waals surface area (Å²) in [7, 11) is 1.32. The molecule has 0 bridgehead atoms. The number of carbonyl (C=O) groups excluding carboxylic acids is 2. The molecule has 0 saturated carbocycles. The Hall–Kier alpha value is -2.56. The summed E-state index contributed by atoms with van der Waals surface area (Å²) in [5.74, 6) is 0.310. The van der Waals surface area contributed by atoms with Gasteiger partial charge in [0.25, 0.3) is 0 Å². The minimum Gasteiger partial charge on any atom is -0.466 e. The number of methoxy groups -OCH3 is 1. The van der Waals surface area contributed by atoms with Crippen molar-refractivity contribution >= 4 is 11.9 Å². The number of furan rings is 1. The highest BCUT2D eigenvalue weighted by molar-refractivity contribution is 5.91. The van der Waals surface area contributed by atoms with E-state index in [1.807, 2.05) is 0 Å². The summed E-state index contributed by atoms with van der Waals surface area (Å²) < 4.78 is 15.2. The molecule has 21 heavy (non-hydrogen) atoms. The average molecular weight is 288 g/mol. The SMILES string of the molecule is COC(=O)c1cccc(COC(=O)c2cc(C)oc2C)c1. The Balaban J connectivity index is 2.04. The van der Waals surface area contributed by atoms with Gasteiger partial charge in [0.2, 0.25) is 0 Å². The molecule has 1 heterocycles. The molecule has 0 aliphatic carbocycles. The molecule has 0 radical (unpaired) electrons. The highest BCUT2D eigenvalue weighted by atomic mass is 16.5. The van der Waals surface area contributed by atoms with Gasteiger partial charge in [0.15, 0.2) is 0 Å². The van der Waals surface area contributed by atoms with Crippen LogP contribution in [0.1, 0.15) is 37.8 Å².